The van der Waals surface area contributed by atoms with Crippen molar-refractivity contribution in [3.05, 3.63) is 35.6 Å². The molecule has 1 aromatic rings. The monoisotopic (exact) mass is 276 g/mol. The number of hydrogen-bond donors (Lipinski definition) is 1. The molecule has 1 heterocycles. The highest BCUT2D eigenvalue weighted by Crippen LogP contribution is 2.38. The standard InChI is InChI=1S/C17H25FN2/c1-20-8-4-5-13(12-20)11-19-15-9-14(10-15)16-6-2-3-7-17(16)18/h2-3,6-7,13-15,19H,4-5,8-12H2,1H3. The Bertz CT molecular complexity index is 442. The normalized spacial score (nSPS) is 31.0. The van der Waals surface area contributed by atoms with Gasteiger partial charge in [0.25, 0.3) is 0 Å². The van der Waals surface area contributed by atoms with Crippen molar-refractivity contribution in [2.45, 2.75) is 37.6 Å². The second-order valence-corrected chi connectivity index (χ2v) is 6.57. The lowest BCUT2D eigenvalue weighted by Crippen LogP contribution is -2.45. The van der Waals surface area contributed by atoms with Gasteiger partial charge in [-0.3, -0.25) is 0 Å². The van der Waals surface area contributed by atoms with Crippen LogP contribution in [0.2, 0.25) is 0 Å². The summed E-state index contributed by atoms with van der Waals surface area (Å²) in [5.74, 6) is 1.17. The number of piperidine rings is 1. The predicted octanol–water partition coefficient (Wildman–Crippen LogP) is 3.00. The molecule has 0 bridgehead atoms. The van der Waals surface area contributed by atoms with Crippen LogP contribution in [0, 0.1) is 11.7 Å². The summed E-state index contributed by atoms with van der Waals surface area (Å²) in [6.45, 7) is 3.59. The molecule has 3 rings (SSSR count). The van der Waals surface area contributed by atoms with Gasteiger partial charge in [0.05, 0.1) is 0 Å². The van der Waals surface area contributed by atoms with E-state index in [4.69, 9.17) is 0 Å². The molecule has 1 saturated heterocycles. The largest absolute Gasteiger partial charge is 0.314 e. The van der Waals surface area contributed by atoms with Crippen LogP contribution in [0.1, 0.15) is 37.2 Å². The number of likely N-dealkylation sites (tertiary alicyclic amines) is 1. The average molecular weight is 276 g/mol. The Morgan fingerprint density at radius 2 is 2.10 bits per heavy atom. The molecule has 110 valence electrons. The second-order valence-electron chi connectivity index (χ2n) is 6.57. The van der Waals surface area contributed by atoms with Gasteiger partial charge >= 0.3 is 0 Å². The van der Waals surface area contributed by atoms with E-state index in [0.29, 0.717) is 12.0 Å². The first-order chi connectivity index (χ1) is 9.72. The number of nitrogens with zero attached hydrogens (tertiary/aromatic N) is 1. The van der Waals surface area contributed by atoms with Gasteiger partial charge in [0, 0.05) is 12.6 Å². The third-order valence-corrected chi connectivity index (χ3v) is 4.90. The molecule has 0 radical (unpaired) electrons. The summed E-state index contributed by atoms with van der Waals surface area (Å²) in [4.78, 5) is 2.43. The van der Waals surface area contributed by atoms with Crippen LogP contribution in [-0.4, -0.2) is 37.6 Å². The van der Waals surface area contributed by atoms with E-state index in [1.165, 1.54) is 25.9 Å². The fourth-order valence-corrected chi connectivity index (χ4v) is 3.62. The van der Waals surface area contributed by atoms with Crippen LogP contribution in [-0.2, 0) is 0 Å². The number of rotatable bonds is 4. The Balaban J connectivity index is 1.41. The third-order valence-electron chi connectivity index (χ3n) is 4.90. The molecular formula is C17H25FN2. The Morgan fingerprint density at radius 3 is 2.85 bits per heavy atom. The average Bonchev–Trinajstić information content (AvgIpc) is 2.39. The van der Waals surface area contributed by atoms with Crippen molar-refractivity contribution in [1.82, 2.24) is 10.2 Å². The number of hydrogen-bond acceptors (Lipinski definition) is 2. The lowest BCUT2D eigenvalue weighted by atomic mass is 9.75. The summed E-state index contributed by atoms with van der Waals surface area (Å²) in [5.41, 5.74) is 0.906. The SMILES string of the molecule is CN1CCCC(CNC2CC(c3ccccc3F)C2)C1. The zero-order valence-electron chi connectivity index (χ0n) is 12.3. The molecule has 1 unspecified atom stereocenters. The molecule has 1 aliphatic heterocycles. The van der Waals surface area contributed by atoms with E-state index < -0.39 is 0 Å². The van der Waals surface area contributed by atoms with Crippen LogP contribution in [0.4, 0.5) is 4.39 Å². The highest BCUT2D eigenvalue weighted by atomic mass is 19.1. The fraction of sp³-hybridized carbons (Fsp3) is 0.647. The number of benzene rings is 1. The molecule has 1 N–H and O–H groups in total. The Kier molecular flexibility index (Phi) is 4.37. The summed E-state index contributed by atoms with van der Waals surface area (Å²) >= 11 is 0. The van der Waals surface area contributed by atoms with E-state index >= 15 is 0 Å². The lowest BCUT2D eigenvalue weighted by Gasteiger charge is -2.38. The van der Waals surface area contributed by atoms with E-state index in [9.17, 15) is 4.39 Å². The zero-order chi connectivity index (χ0) is 13.9. The summed E-state index contributed by atoms with van der Waals surface area (Å²) < 4.78 is 13.7. The summed E-state index contributed by atoms with van der Waals surface area (Å²) in [5, 5.41) is 3.68. The first-order valence-electron chi connectivity index (χ1n) is 7.88. The smallest absolute Gasteiger partial charge is 0.126 e. The van der Waals surface area contributed by atoms with E-state index in [2.05, 4.69) is 17.3 Å². The van der Waals surface area contributed by atoms with Gasteiger partial charge in [-0.2, -0.15) is 0 Å². The molecule has 1 atom stereocenters. The molecule has 1 aromatic carbocycles. The van der Waals surface area contributed by atoms with Gasteiger partial charge in [0.15, 0.2) is 0 Å². The number of halogens is 1. The first kappa shape index (κ1) is 14.0. The molecule has 20 heavy (non-hydrogen) atoms. The quantitative estimate of drug-likeness (QED) is 0.909. The van der Waals surface area contributed by atoms with Crippen LogP contribution in [0.3, 0.4) is 0 Å². The fourth-order valence-electron chi connectivity index (χ4n) is 3.62. The molecule has 2 nitrogen and oxygen atoms in total. The molecule has 2 fully saturated rings. The van der Waals surface area contributed by atoms with Crippen LogP contribution < -0.4 is 5.32 Å². The zero-order valence-corrected chi connectivity index (χ0v) is 12.3. The van der Waals surface area contributed by atoms with E-state index in [0.717, 1.165) is 30.9 Å². The molecule has 3 heteroatoms. The number of nitrogens with one attached hydrogen (secondary N) is 1. The maximum Gasteiger partial charge on any atom is 0.126 e. The Hall–Kier alpha value is -0.930. The molecular weight excluding hydrogens is 251 g/mol. The van der Waals surface area contributed by atoms with Gasteiger partial charge in [0.1, 0.15) is 5.82 Å². The minimum absolute atomic E-state index is 0.0372. The van der Waals surface area contributed by atoms with Gasteiger partial charge in [-0.05, 0) is 69.3 Å². The summed E-state index contributed by atoms with van der Waals surface area (Å²) in [7, 11) is 2.21. The molecule has 1 aliphatic carbocycles. The summed E-state index contributed by atoms with van der Waals surface area (Å²) in [6, 6.07) is 7.82. The van der Waals surface area contributed by atoms with Crippen molar-refractivity contribution in [2.75, 3.05) is 26.7 Å². The highest BCUT2D eigenvalue weighted by Gasteiger charge is 2.32. The van der Waals surface area contributed by atoms with Gasteiger partial charge in [0.2, 0.25) is 0 Å². The molecule has 2 aliphatic rings. The molecule has 0 aromatic heterocycles. The van der Waals surface area contributed by atoms with Crippen molar-refractivity contribution < 1.29 is 4.39 Å². The maximum absolute atomic E-state index is 13.7. The van der Waals surface area contributed by atoms with Gasteiger partial charge in [-0.25, -0.2) is 4.39 Å². The minimum atomic E-state index is -0.0372. The Morgan fingerprint density at radius 1 is 1.30 bits per heavy atom. The van der Waals surface area contributed by atoms with E-state index in [1.807, 2.05) is 12.1 Å². The van der Waals surface area contributed by atoms with Crippen LogP contribution in [0.25, 0.3) is 0 Å². The summed E-state index contributed by atoms with van der Waals surface area (Å²) in [6.07, 6.45) is 4.85. The van der Waals surface area contributed by atoms with Gasteiger partial charge < -0.3 is 10.2 Å². The van der Waals surface area contributed by atoms with Crippen LogP contribution in [0.15, 0.2) is 24.3 Å². The van der Waals surface area contributed by atoms with Crippen LogP contribution in [0.5, 0.6) is 0 Å². The Labute approximate surface area is 121 Å². The van der Waals surface area contributed by atoms with E-state index in [1.54, 1.807) is 12.1 Å². The van der Waals surface area contributed by atoms with Crippen molar-refractivity contribution in [3.63, 3.8) is 0 Å². The lowest BCUT2D eigenvalue weighted by molar-refractivity contribution is 0.189. The first-order valence-corrected chi connectivity index (χ1v) is 7.88. The highest BCUT2D eigenvalue weighted by molar-refractivity contribution is 5.24. The minimum Gasteiger partial charge on any atom is -0.314 e. The van der Waals surface area contributed by atoms with Crippen molar-refractivity contribution in [3.8, 4) is 0 Å². The van der Waals surface area contributed by atoms with E-state index in [-0.39, 0.29) is 5.82 Å². The van der Waals surface area contributed by atoms with Gasteiger partial charge in [-0.15, -0.1) is 0 Å². The second kappa shape index (κ2) is 6.23. The van der Waals surface area contributed by atoms with Crippen molar-refractivity contribution >= 4 is 0 Å². The van der Waals surface area contributed by atoms with Crippen molar-refractivity contribution in [1.29, 1.82) is 0 Å². The predicted molar refractivity (Wildman–Crippen MR) is 80.4 cm³/mol. The molecule has 0 amide bonds. The molecule has 0 spiro atoms. The van der Waals surface area contributed by atoms with Crippen molar-refractivity contribution in [2.24, 2.45) is 5.92 Å². The van der Waals surface area contributed by atoms with Gasteiger partial charge in [-0.1, -0.05) is 18.2 Å². The topological polar surface area (TPSA) is 15.3 Å². The molecule has 1 saturated carbocycles. The van der Waals surface area contributed by atoms with Crippen LogP contribution >= 0.6 is 0 Å². The maximum atomic E-state index is 13.7. The third kappa shape index (κ3) is 3.21.